The lowest BCUT2D eigenvalue weighted by Gasteiger charge is -2.08. The van der Waals surface area contributed by atoms with Crippen LogP contribution >= 0.6 is 0 Å². The summed E-state index contributed by atoms with van der Waals surface area (Å²) < 4.78 is 27.7. The van der Waals surface area contributed by atoms with Gasteiger partial charge in [-0.05, 0) is 42.3 Å². The summed E-state index contributed by atoms with van der Waals surface area (Å²) in [5, 5.41) is 2.71. The number of carbonyl (C=O) groups is 2. The van der Waals surface area contributed by atoms with Gasteiger partial charge in [0.1, 0.15) is 0 Å². The minimum Gasteiger partial charge on any atom is -0.462 e. The summed E-state index contributed by atoms with van der Waals surface area (Å²) in [5.41, 5.74) is 1.84. The molecule has 2 aromatic rings. The van der Waals surface area contributed by atoms with Gasteiger partial charge in [-0.2, -0.15) is 0 Å². The third-order valence-corrected chi connectivity index (χ3v) is 4.30. The molecule has 0 saturated carbocycles. The molecule has 0 aliphatic carbocycles. The Hall–Kier alpha value is -2.67. The zero-order chi connectivity index (χ0) is 19.2. The Morgan fingerprint density at radius 2 is 1.73 bits per heavy atom. The van der Waals surface area contributed by atoms with Gasteiger partial charge in [0, 0.05) is 17.5 Å². The van der Waals surface area contributed by atoms with Crippen molar-refractivity contribution in [2.75, 3.05) is 18.2 Å². The minimum atomic E-state index is -3.12. The van der Waals surface area contributed by atoms with Gasteiger partial charge in [-0.1, -0.05) is 25.1 Å². The van der Waals surface area contributed by atoms with Crippen LogP contribution in [0.1, 0.15) is 39.6 Å². The van der Waals surface area contributed by atoms with Gasteiger partial charge < -0.3 is 10.1 Å². The lowest BCUT2D eigenvalue weighted by atomic mass is 10.1. The van der Waals surface area contributed by atoms with Crippen LogP contribution in [0.25, 0.3) is 0 Å². The zero-order valence-electron chi connectivity index (χ0n) is 14.7. The number of ether oxygens (including phenoxy) is 1. The first-order valence-electron chi connectivity index (χ1n) is 8.13. The molecular formula is C19H21NO5S. The van der Waals surface area contributed by atoms with Crippen molar-refractivity contribution in [2.24, 2.45) is 0 Å². The van der Waals surface area contributed by atoms with Crippen molar-refractivity contribution in [3.05, 3.63) is 65.2 Å². The topological polar surface area (TPSA) is 89.5 Å². The first-order valence-corrected chi connectivity index (χ1v) is 10.2. The molecule has 0 spiro atoms. The number of sulfone groups is 1. The summed E-state index contributed by atoms with van der Waals surface area (Å²) in [5.74, 6) is -0.861. The van der Waals surface area contributed by atoms with Crippen LogP contribution in [-0.4, -0.2) is 33.2 Å². The van der Waals surface area contributed by atoms with E-state index in [0.717, 1.165) is 12.7 Å². The van der Waals surface area contributed by atoms with E-state index in [0.29, 0.717) is 29.0 Å². The lowest BCUT2D eigenvalue weighted by molar-refractivity contribution is 0.0505. The monoisotopic (exact) mass is 375 g/mol. The lowest BCUT2D eigenvalue weighted by Crippen LogP contribution is -2.13. The van der Waals surface area contributed by atoms with E-state index in [1.807, 2.05) is 6.92 Å². The molecule has 6 nitrogen and oxygen atoms in total. The molecule has 0 aliphatic heterocycles. The predicted molar refractivity (Wildman–Crippen MR) is 100.0 cm³/mol. The fourth-order valence-corrected chi connectivity index (χ4v) is 3.06. The first-order chi connectivity index (χ1) is 12.3. The molecule has 0 aliphatic rings. The zero-order valence-corrected chi connectivity index (χ0v) is 15.5. The molecule has 26 heavy (non-hydrogen) atoms. The summed E-state index contributed by atoms with van der Waals surface area (Å²) >= 11 is 0. The fraction of sp³-hybridized carbons (Fsp3) is 0.263. The third-order valence-electron chi connectivity index (χ3n) is 3.44. The average Bonchev–Trinajstić information content (AvgIpc) is 2.59. The number of hydrogen-bond acceptors (Lipinski definition) is 5. The average molecular weight is 375 g/mol. The van der Waals surface area contributed by atoms with E-state index in [-0.39, 0.29) is 11.7 Å². The molecule has 0 radical (unpaired) electrons. The number of esters is 1. The van der Waals surface area contributed by atoms with Crippen LogP contribution in [-0.2, 0) is 20.3 Å². The van der Waals surface area contributed by atoms with Gasteiger partial charge in [0.25, 0.3) is 5.91 Å². The Morgan fingerprint density at radius 3 is 2.35 bits per heavy atom. The van der Waals surface area contributed by atoms with Crippen molar-refractivity contribution < 1.29 is 22.7 Å². The van der Waals surface area contributed by atoms with Gasteiger partial charge in [0.05, 0.1) is 17.9 Å². The number of anilines is 1. The van der Waals surface area contributed by atoms with Crippen molar-refractivity contribution in [2.45, 2.75) is 19.1 Å². The van der Waals surface area contributed by atoms with Gasteiger partial charge in [-0.25, -0.2) is 13.2 Å². The van der Waals surface area contributed by atoms with Gasteiger partial charge >= 0.3 is 5.97 Å². The number of hydrogen-bond donors (Lipinski definition) is 1. The summed E-state index contributed by atoms with van der Waals surface area (Å²) in [7, 11) is -3.12. The van der Waals surface area contributed by atoms with Crippen molar-refractivity contribution in [1.29, 1.82) is 0 Å². The number of rotatable bonds is 7. The van der Waals surface area contributed by atoms with Crippen molar-refractivity contribution in [3.63, 3.8) is 0 Å². The summed E-state index contributed by atoms with van der Waals surface area (Å²) in [4.78, 5) is 24.2. The molecule has 0 fully saturated rings. The Kier molecular flexibility index (Phi) is 6.52. The van der Waals surface area contributed by atoms with E-state index < -0.39 is 15.8 Å². The molecule has 0 atom stereocenters. The number of benzene rings is 2. The van der Waals surface area contributed by atoms with Crippen LogP contribution in [0.4, 0.5) is 5.69 Å². The maximum absolute atomic E-state index is 12.3. The van der Waals surface area contributed by atoms with Crippen molar-refractivity contribution in [1.82, 2.24) is 0 Å². The second kappa shape index (κ2) is 8.62. The molecule has 2 aromatic carbocycles. The van der Waals surface area contributed by atoms with Crippen LogP contribution < -0.4 is 5.32 Å². The van der Waals surface area contributed by atoms with E-state index in [1.165, 1.54) is 0 Å². The molecule has 0 aromatic heterocycles. The van der Waals surface area contributed by atoms with Crippen LogP contribution in [0.15, 0.2) is 48.5 Å². The Labute approximate surface area is 153 Å². The molecule has 0 unspecified atom stereocenters. The summed E-state index contributed by atoms with van der Waals surface area (Å²) in [6.45, 7) is 2.25. The van der Waals surface area contributed by atoms with Crippen LogP contribution in [0.3, 0.4) is 0 Å². The predicted octanol–water partition coefficient (Wildman–Crippen LogP) is 3.05. The highest BCUT2D eigenvalue weighted by molar-refractivity contribution is 7.89. The minimum absolute atomic E-state index is 0.0726. The number of nitrogens with one attached hydrogen (secondary N) is 1. The smallest absolute Gasteiger partial charge is 0.338 e. The molecule has 1 N–H and O–H groups in total. The van der Waals surface area contributed by atoms with Gasteiger partial charge in [-0.15, -0.1) is 0 Å². The standard InChI is InChI=1S/C19H21NO5S/c1-3-11-25-19(22)16-5-4-6-17(12-16)20-18(21)15-9-7-14(8-10-15)13-26(2,23)24/h4-10,12H,3,11,13H2,1-2H3,(H,20,21). The quantitative estimate of drug-likeness (QED) is 0.751. The van der Waals surface area contributed by atoms with Gasteiger partial charge in [0.15, 0.2) is 9.84 Å². The highest BCUT2D eigenvalue weighted by Crippen LogP contribution is 2.14. The van der Waals surface area contributed by atoms with Crippen molar-refractivity contribution >= 4 is 27.4 Å². The van der Waals surface area contributed by atoms with Gasteiger partial charge in [0.2, 0.25) is 0 Å². The van der Waals surface area contributed by atoms with Crippen LogP contribution in [0.2, 0.25) is 0 Å². The summed E-state index contributed by atoms with van der Waals surface area (Å²) in [6, 6.07) is 12.8. The Bertz CT molecular complexity index is 888. The molecule has 2 rings (SSSR count). The normalized spacial score (nSPS) is 11.0. The number of amides is 1. The maximum Gasteiger partial charge on any atom is 0.338 e. The fourth-order valence-electron chi connectivity index (χ4n) is 2.26. The molecule has 0 saturated heterocycles. The van der Waals surface area contributed by atoms with E-state index in [1.54, 1.807) is 48.5 Å². The van der Waals surface area contributed by atoms with Crippen LogP contribution in [0, 0.1) is 0 Å². The number of carbonyl (C=O) groups excluding carboxylic acids is 2. The van der Waals surface area contributed by atoms with E-state index in [2.05, 4.69) is 5.32 Å². The highest BCUT2D eigenvalue weighted by Gasteiger charge is 2.11. The van der Waals surface area contributed by atoms with Crippen molar-refractivity contribution in [3.8, 4) is 0 Å². The van der Waals surface area contributed by atoms with E-state index >= 15 is 0 Å². The first kappa shape index (κ1) is 19.7. The molecule has 138 valence electrons. The second-order valence-corrected chi connectivity index (χ2v) is 8.08. The molecule has 1 amide bonds. The SMILES string of the molecule is CCCOC(=O)c1cccc(NC(=O)c2ccc(CS(C)(=O)=O)cc2)c1. The van der Waals surface area contributed by atoms with Crippen LogP contribution in [0.5, 0.6) is 0 Å². The van der Waals surface area contributed by atoms with Gasteiger partial charge in [-0.3, -0.25) is 4.79 Å². The summed E-state index contributed by atoms with van der Waals surface area (Å²) in [6.07, 6.45) is 1.89. The third kappa shape index (κ3) is 6.00. The molecule has 0 bridgehead atoms. The maximum atomic E-state index is 12.3. The molecule has 7 heteroatoms. The molecule has 0 heterocycles. The van der Waals surface area contributed by atoms with E-state index in [4.69, 9.17) is 4.74 Å². The highest BCUT2D eigenvalue weighted by atomic mass is 32.2. The molecular weight excluding hydrogens is 354 g/mol. The largest absolute Gasteiger partial charge is 0.462 e. The second-order valence-electron chi connectivity index (χ2n) is 5.94. The van der Waals surface area contributed by atoms with E-state index in [9.17, 15) is 18.0 Å². The Balaban J connectivity index is 2.06. The Morgan fingerprint density at radius 1 is 1.04 bits per heavy atom.